The maximum atomic E-state index is 12.6. The minimum Gasteiger partial charge on any atom is -0.481 e. The molecule has 10 heteroatoms. The van der Waals surface area contributed by atoms with Crippen LogP contribution < -0.4 is 15.6 Å². The number of amides is 1. The highest BCUT2D eigenvalue weighted by molar-refractivity contribution is 7.13. The number of nitrogens with zero attached hydrogens (tertiary/aromatic N) is 3. The van der Waals surface area contributed by atoms with Gasteiger partial charge in [0, 0.05) is 5.38 Å². The van der Waals surface area contributed by atoms with Crippen LogP contribution in [0.15, 0.2) is 40.5 Å². The molecule has 0 spiro atoms. The van der Waals surface area contributed by atoms with E-state index in [-0.39, 0.29) is 18.1 Å². The molecule has 3 aromatic rings. The van der Waals surface area contributed by atoms with Crippen LogP contribution >= 0.6 is 11.3 Å². The quantitative estimate of drug-likeness (QED) is 0.575. The number of rotatable bonds is 7. The topological polar surface area (TPSA) is 112 Å². The Morgan fingerprint density at radius 1 is 1.20 bits per heavy atom. The van der Waals surface area contributed by atoms with Crippen molar-refractivity contribution in [2.75, 3.05) is 18.5 Å². The Morgan fingerprint density at radius 3 is 2.57 bits per heavy atom. The number of hydrogen-bond acceptors (Lipinski definition) is 8. The van der Waals surface area contributed by atoms with Gasteiger partial charge in [-0.3, -0.25) is 14.9 Å². The molecule has 0 aliphatic carbocycles. The number of carbonyl (C=O) groups is 2. The van der Waals surface area contributed by atoms with Crippen molar-refractivity contribution >= 4 is 28.3 Å². The lowest BCUT2D eigenvalue weighted by atomic mass is 10.2. The zero-order valence-corrected chi connectivity index (χ0v) is 17.5. The van der Waals surface area contributed by atoms with Crippen LogP contribution in [0.3, 0.4) is 0 Å². The third kappa shape index (κ3) is 5.09. The van der Waals surface area contributed by atoms with Crippen LogP contribution in [-0.4, -0.2) is 39.9 Å². The van der Waals surface area contributed by atoms with Crippen LogP contribution in [0.5, 0.6) is 5.75 Å². The van der Waals surface area contributed by atoms with Crippen molar-refractivity contribution in [3.05, 3.63) is 63.0 Å². The van der Waals surface area contributed by atoms with E-state index < -0.39 is 24.0 Å². The third-order valence-electron chi connectivity index (χ3n) is 3.87. The Labute approximate surface area is 176 Å². The fraction of sp³-hybridized carbons (Fsp3) is 0.250. The Morgan fingerprint density at radius 2 is 1.93 bits per heavy atom. The van der Waals surface area contributed by atoms with Gasteiger partial charge in [-0.05, 0) is 32.9 Å². The molecule has 9 nitrogen and oxygen atoms in total. The molecule has 0 radical (unpaired) electrons. The minimum absolute atomic E-state index is 0.119. The molecule has 30 heavy (non-hydrogen) atoms. The lowest BCUT2D eigenvalue weighted by Crippen LogP contribution is -2.27. The van der Waals surface area contributed by atoms with Gasteiger partial charge in [0.05, 0.1) is 24.1 Å². The number of aromatic nitrogens is 3. The predicted molar refractivity (Wildman–Crippen MR) is 112 cm³/mol. The highest BCUT2D eigenvalue weighted by atomic mass is 32.1. The predicted octanol–water partition coefficient (Wildman–Crippen LogP) is 2.50. The van der Waals surface area contributed by atoms with Crippen molar-refractivity contribution in [1.29, 1.82) is 0 Å². The van der Waals surface area contributed by atoms with E-state index >= 15 is 0 Å². The zero-order chi connectivity index (χ0) is 21.7. The summed E-state index contributed by atoms with van der Waals surface area (Å²) in [5.74, 6) is -1.38. The molecular formula is C20H20N4O5S. The average molecular weight is 428 g/mol. The van der Waals surface area contributed by atoms with Gasteiger partial charge < -0.3 is 9.47 Å². The number of nitrogens with one attached hydrogen (secondary N) is 1. The Kier molecular flexibility index (Phi) is 6.58. The van der Waals surface area contributed by atoms with Crippen molar-refractivity contribution < 1.29 is 19.1 Å². The van der Waals surface area contributed by atoms with Gasteiger partial charge in [0.15, 0.2) is 17.5 Å². The Balaban J connectivity index is 1.86. The summed E-state index contributed by atoms with van der Waals surface area (Å²) in [6.07, 6.45) is 0. The van der Waals surface area contributed by atoms with Crippen molar-refractivity contribution in [2.24, 2.45) is 0 Å². The molecule has 2 aromatic heterocycles. The molecule has 156 valence electrons. The number of carbonyl (C=O) groups excluding carboxylic acids is 2. The first-order chi connectivity index (χ1) is 14.4. The maximum Gasteiger partial charge on any atom is 0.362 e. The van der Waals surface area contributed by atoms with Gasteiger partial charge in [-0.25, -0.2) is 9.78 Å². The highest BCUT2D eigenvalue weighted by Gasteiger charge is 2.20. The molecule has 0 saturated carbocycles. The average Bonchev–Trinajstić information content (AvgIpc) is 3.12. The van der Waals surface area contributed by atoms with Gasteiger partial charge in [-0.2, -0.15) is 9.78 Å². The SMILES string of the molecule is CCOC(=O)c1nn(-c2ccc(C)cc2)c(=O)cc1OCC(=O)Nc1nc(C)cs1. The van der Waals surface area contributed by atoms with Crippen LogP contribution in [0.1, 0.15) is 28.7 Å². The van der Waals surface area contributed by atoms with E-state index in [2.05, 4.69) is 15.4 Å². The number of ether oxygens (including phenoxy) is 2. The summed E-state index contributed by atoms with van der Waals surface area (Å²) in [7, 11) is 0. The van der Waals surface area contributed by atoms with Gasteiger partial charge in [0.25, 0.3) is 11.5 Å². The van der Waals surface area contributed by atoms with Crippen LogP contribution in [0.25, 0.3) is 5.69 Å². The number of anilines is 1. The molecule has 1 aromatic carbocycles. The van der Waals surface area contributed by atoms with Gasteiger partial charge >= 0.3 is 5.97 Å². The van der Waals surface area contributed by atoms with E-state index in [0.29, 0.717) is 10.8 Å². The van der Waals surface area contributed by atoms with Crippen molar-refractivity contribution in [2.45, 2.75) is 20.8 Å². The van der Waals surface area contributed by atoms with E-state index in [4.69, 9.17) is 9.47 Å². The Hall–Kier alpha value is -3.53. The van der Waals surface area contributed by atoms with Gasteiger partial charge in [0.2, 0.25) is 5.69 Å². The fourth-order valence-electron chi connectivity index (χ4n) is 2.47. The molecule has 3 rings (SSSR count). The van der Waals surface area contributed by atoms with Crippen LogP contribution in [-0.2, 0) is 9.53 Å². The van der Waals surface area contributed by atoms with Gasteiger partial charge in [-0.15, -0.1) is 11.3 Å². The fourth-order valence-corrected chi connectivity index (χ4v) is 3.18. The Bertz CT molecular complexity index is 1120. The number of aryl methyl sites for hydroxylation is 2. The van der Waals surface area contributed by atoms with Gasteiger partial charge in [-0.1, -0.05) is 17.7 Å². The van der Waals surface area contributed by atoms with Crippen molar-refractivity contribution in [1.82, 2.24) is 14.8 Å². The summed E-state index contributed by atoms with van der Waals surface area (Å²) in [4.78, 5) is 41.2. The standard InChI is InChI=1S/C20H20N4O5S/c1-4-28-19(27)18-15(29-10-16(25)22-20-21-13(3)11-30-20)9-17(26)24(23-18)14-7-5-12(2)6-8-14/h5-9,11H,4,10H2,1-3H3,(H,21,22,25). The molecular weight excluding hydrogens is 408 g/mol. The molecule has 0 saturated heterocycles. The van der Waals surface area contributed by atoms with E-state index in [0.717, 1.165) is 22.0 Å². The van der Waals surface area contributed by atoms with E-state index in [1.165, 1.54) is 11.3 Å². The summed E-state index contributed by atoms with van der Waals surface area (Å²) in [5.41, 5.74) is 1.57. The minimum atomic E-state index is -0.760. The summed E-state index contributed by atoms with van der Waals surface area (Å²) in [6, 6.07) is 8.18. The first-order valence-electron chi connectivity index (χ1n) is 9.10. The maximum absolute atomic E-state index is 12.6. The van der Waals surface area contributed by atoms with Crippen molar-refractivity contribution in [3.8, 4) is 11.4 Å². The van der Waals surface area contributed by atoms with Crippen LogP contribution in [0.4, 0.5) is 5.13 Å². The molecule has 0 aliphatic rings. The summed E-state index contributed by atoms with van der Waals surface area (Å²) in [6.45, 7) is 5.06. The molecule has 1 N–H and O–H groups in total. The number of benzene rings is 1. The first-order valence-corrected chi connectivity index (χ1v) is 9.98. The monoisotopic (exact) mass is 428 g/mol. The van der Waals surface area contributed by atoms with E-state index in [1.54, 1.807) is 24.4 Å². The van der Waals surface area contributed by atoms with E-state index in [9.17, 15) is 14.4 Å². The normalized spacial score (nSPS) is 10.5. The third-order valence-corrected chi connectivity index (χ3v) is 4.74. The number of thiazole rings is 1. The summed E-state index contributed by atoms with van der Waals surface area (Å²) < 4.78 is 11.5. The lowest BCUT2D eigenvalue weighted by Gasteiger charge is -2.12. The second kappa shape index (κ2) is 9.31. The first kappa shape index (κ1) is 21.2. The van der Waals surface area contributed by atoms with Crippen molar-refractivity contribution in [3.63, 3.8) is 0 Å². The van der Waals surface area contributed by atoms with Gasteiger partial charge in [0.1, 0.15) is 0 Å². The van der Waals surface area contributed by atoms with Crippen LogP contribution in [0, 0.1) is 13.8 Å². The molecule has 0 bridgehead atoms. The smallest absolute Gasteiger partial charge is 0.362 e. The molecule has 0 fully saturated rings. The summed E-state index contributed by atoms with van der Waals surface area (Å²) >= 11 is 1.28. The molecule has 1 amide bonds. The van der Waals surface area contributed by atoms with Crippen LogP contribution in [0.2, 0.25) is 0 Å². The molecule has 0 atom stereocenters. The number of hydrogen-bond donors (Lipinski definition) is 1. The number of esters is 1. The largest absolute Gasteiger partial charge is 0.481 e. The summed E-state index contributed by atoms with van der Waals surface area (Å²) in [5, 5.41) is 8.93. The highest BCUT2D eigenvalue weighted by Crippen LogP contribution is 2.18. The molecule has 0 aliphatic heterocycles. The second-order valence-electron chi connectivity index (χ2n) is 6.29. The molecule has 2 heterocycles. The zero-order valence-electron chi connectivity index (χ0n) is 16.7. The van der Waals surface area contributed by atoms with E-state index in [1.807, 2.05) is 26.0 Å². The second-order valence-corrected chi connectivity index (χ2v) is 7.15. The lowest BCUT2D eigenvalue weighted by molar-refractivity contribution is -0.118. The molecule has 0 unspecified atom stereocenters.